The third kappa shape index (κ3) is 2.08. The van der Waals surface area contributed by atoms with E-state index in [1.807, 2.05) is 6.07 Å². The summed E-state index contributed by atoms with van der Waals surface area (Å²) in [5, 5.41) is 20.1. The van der Waals surface area contributed by atoms with Crippen molar-refractivity contribution < 1.29 is 9.50 Å². The van der Waals surface area contributed by atoms with Crippen molar-refractivity contribution in [3.8, 4) is 22.9 Å². The van der Waals surface area contributed by atoms with E-state index < -0.39 is 5.82 Å². The fraction of sp³-hybridized carbons (Fsp3) is 0. The van der Waals surface area contributed by atoms with E-state index in [4.69, 9.17) is 16.9 Å². The van der Waals surface area contributed by atoms with E-state index in [1.54, 1.807) is 6.07 Å². The monoisotopic (exact) mass is 298 g/mol. The van der Waals surface area contributed by atoms with Crippen LogP contribution < -0.4 is 0 Å². The fourth-order valence-corrected chi connectivity index (χ4v) is 2.51. The molecule has 0 fully saturated rings. The Morgan fingerprint density at radius 2 is 1.95 bits per heavy atom. The topological polar surface area (TPSA) is 56.9 Å². The fourth-order valence-electron chi connectivity index (χ4n) is 2.29. The van der Waals surface area contributed by atoms with Crippen LogP contribution in [0.2, 0.25) is 5.15 Å². The molecule has 1 aromatic heterocycles. The van der Waals surface area contributed by atoms with Crippen molar-refractivity contribution in [2.24, 2.45) is 0 Å². The Morgan fingerprint density at radius 3 is 2.71 bits per heavy atom. The Kier molecular flexibility index (Phi) is 3.20. The molecule has 0 amide bonds. The van der Waals surface area contributed by atoms with Gasteiger partial charge in [-0.2, -0.15) is 5.26 Å². The average Bonchev–Trinajstić information content (AvgIpc) is 2.49. The standard InChI is InChI=1S/C16H8ClFN2O/c17-16-11-4-5-12(15(18)10(11)6-7-20-16)14-9(8-19)2-1-3-13(14)21/h1-7,21H. The molecule has 2 aromatic carbocycles. The highest BCUT2D eigenvalue weighted by Crippen LogP contribution is 2.37. The van der Waals surface area contributed by atoms with Gasteiger partial charge >= 0.3 is 0 Å². The second-order valence-electron chi connectivity index (χ2n) is 4.44. The first-order valence-electron chi connectivity index (χ1n) is 6.08. The predicted molar refractivity (Wildman–Crippen MR) is 78.5 cm³/mol. The van der Waals surface area contributed by atoms with Crippen LogP contribution in [0.3, 0.4) is 0 Å². The number of hydrogen-bond acceptors (Lipinski definition) is 3. The lowest BCUT2D eigenvalue weighted by Gasteiger charge is -2.10. The summed E-state index contributed by atoms with van der Waals surface area (Å²) in [6.45, 7) is 0. The van der Waals surface area contributed by atoms with Crippen molar-refractivity contribution in [3.63, 3.8) is 0 Å². The number of nitrogens with zero attached hydrogens (tertiary/aromatic N) is 2. The maximum Gasteiger partial charge on any atom is 0.139 e. The minimum Gasteiger partial charge on any atom is -0.507 e. The first kappa shape index (κ1) is 13.3. The number of pyridine rings is 1. The number of fused-ring (bicyclic) bond motifs is 1. The van der Waals surface area contributed by atoms with Crippen LogP contribution in [0.1, 0.15) is 5.56 Å². The van der Waals surface area contributed by atoms with E-state index in [0.717, 1.165) is 0 Å². The third-order valence-electron chi connectivity index (χ3n) is 3.26. The van der Waals surface area contributed by atoms with Gasteiger partial charge in [-0.15, -0.1) is 0 Å². The quantitative estimate of drug-likeness (QED) is 0.682. The average molecular weight is 299 g/mol. The number of phenols is 1. The lowest BCUT2D eigenvalue weighted by molar-refractivity contribution is 0.476. The molecular formula is C16H8ClFN2O. The van der Waals surface area contributed by atoms with Gasteiger partial charge in [-0.25, -0.2) is 9.37 Å². The van der Waals surface area contributed by atoms with E-state index in [0.29, 0.717) is 10.8 Å². The lowest BCUT2D eigenvalue weighted by Crippen LogP contribution is -1.92. The molecule has 21 heavy (non-hydrogen) atoms. The largest absolute Gasteiger partial charge is 0.507 e. The molecule has 3 nitrogen and oxygen atoms in total. The van der Waals surface area contributed by atoms with Crippen LogP contribution >= 0.6 is 11.6 Å². The van der Waals surface area contributed by atoms with Crippen LogP contribution in [0.5, 0.6) is 5.75 Å². The number of hydrogen-bond donors (Lipinski definition) is 1. The van der Waals surface area contributed by atoms with Gasteiger partial charge in [-0.1, -0.05) is 29.8 Å². The summed E-state index contributed by atoms with van der Waals surface area (Å²) in [7, 11) is 0. The second kappa shape index (κ2) is 5.04. The normalized spacial score (nSPS) is 10.5. The predicted octanol–water partition coefficient (Wildman–Crippen LogP) is 4.27. The molecule has 0 saturated heterocycles. The summed E-state index contributed by atoms with van der Waals surface area (Å²) in [6.07, 6.45) is 1.41. The number of phenolic OH excluding ortho intramolecular Hbond substituents is 1. The van der Waals surface area contributed by atoms with E-state index >= 15 is 0 Å². The Balaban J connectivity index is 2.38. The Bertz CT molecular complexity index is 903. The molecule has 0 bridgehead atoms. The Morgan fingerprint density at radius 1 is 1.14 bits per heavy atom. The van der Waals surface area contributed by atoms with Crippen LogP contribution in [0.25, 0.3) is 21.9 Å². The van der Waals surface area contributed by atoms with Crippen molar-refractivity contribution >= 4 is 22.4 Å². The molecule has 0 aliphatic rings. The van der Waals surface area contributed by atoms with Gasteiger partial charge in [0.05, 0.1) is 11.6 Å². The van der Waals surface area contributed by atoms with Gasteiger partial charge < -0.3 is 5.11 Å². The van der Waals surface area contributed by atoms with Gasteiger partial charge in [-0.3, -0.25) is 0 Å². The number of aromatic nitrogens is 1. The summed E-state index contributed by atoms with van der Waals surface area (Å²) in [6, 6.07) is 11.1. The third-order valence-corrected chi connectivity index (χ3v) is 3.56. The molecule has 0 aliphatic carbocycles. The maximum absolute atomic E-state index is 14.7. The molecule has 1 N–H and O–H groups in total. The molecule has 0 radical (unpaired) electrons. The van der Waals surface area contributed by atoms with Gasteiger partial charge in [0.1, 0.15) is 16.7 Å². The highest BCUT2D eigenvalue weighted by Gasteiger charge is 2.17. The molecular weight excluding hydrogens is 291 g/mol. The highest BCUT2D eigenvalue weighted by atomic mass is 35.5. The first-order valence-corrected chi connectivity index (χ1v) is 6.46. The molecule has 0 saturated carbocycles. The second-order valence-corrected chi connectivity index (χ2v) is 4.79. The molecule has 3 rings (SSSR count). The summed E-state index contributed by atoms with van der Waals surface area (Å²) in [5.41, 5.74) is 0.528. The molecule has 0 atom stereocenters. The molecule has 5 heteroatoms. The van der Waals surface area contributed by atoms with Gasteiger partial charge in [-0.05, 0) is 18.2 Å². The SMILES string of the molecule is N#Cc1cccc(O)c1-c1ccc2c(Cl)nccc2c1F. The van der Waals surface area contributed by atoms with Gasteiger partial charge in [0, 0.05) is 28.1 Å². The molecule has 102 valence electrons. The molecule has 1 heterocycles. The van der Waals surface area contributed by atoms with Crippen molar-refractivity contribution in [3.05, 3.63) is 59.1 Å². The number of aromatic hydroxyl groups is 1. The smallest absolute Gasteiger partial charge is 0.139 e. The molecule has 0 unspecified atom stereocenters. The first-order chi connectivity index (χ1) is 10.1. The van der Waals surface area contributed by atoms with Crippen LogP contribution in [-0.2, 0) is 0 Å². The zero-order valence-corrected chi connectivity index (χ0v) is 11.4. The number of benzene rings is 2. The zero-order chi connectivity index (χ0) is 15.0. The van der Waals surface area contributed by atoms with E-state index in [-0.39, 0.29) is 27.6 Å². The Labute approximate surface area is 124 Å². The lowest BCUT2D eigenvalue weighted by atomic mass is 9.96. The van der Waals surface area contributed by atoms with Crippen molar-refractivity contribution in [1.29, 1.82) is 5.26 Å². The van der Waals surface area contributed by atoms with Crippen LogP contribution in [0.4, 0.5) is 4.39 Å². The van der Waals surface area contributed by atoms with Crippen molar-refractivity contribution in [2.45, 2.75) is 0 Å². The molecule has 0 spiro atoms. The van der Waals surface area contributed by atoms with E-state index in [2.05, 4.69) is 4.98 Å². The van der Waals surface area contributed by atoms with E-state index in [1.165, 1.54) is 36.5 Å². The minimum absolute atomic E-state index is 0.146. The summed E-state index contributed by atoms with van der Waals surface area (Å²) in [4.78, 5) is 3.90. The Hall–Kier alpha value is -2.64. The molecule has 3 aromatic rings. The minimum atomic E-state index is -0.546. The summed E-state index contributed by atoms with van der Waals surface area (Å²) >= 11 is 5.94. The van der Waals surface area contributed by atoms with Crippen molar-refractivity contribution in [2.75, 3.05) is 0 Å². The van der Waals surface area contributed by atoms with Crippen molar-refractivity contribution in [1.82, 2.24) is 4.98 Å². The van der Waals surface area contributed by atoms with Crippen LogP contribution in [0, 0.1) is 17.1 Å². The zero-order valence-electron chi connectivity index (χ0n) is 10.6. The van der Waals surface area contributed by atoms with Gasteiger partial charge in [0.15, 0.2) is 0 Å². The summed E-state index contributed by atoms with van der Waals surface area (Å²) < 4.78 is 14.7. The summed E-state index contributed by atoms with van der Waals surface area (Å²) in [5.74, 6) is -0.692. The van der Waals surface area contributed by atoms with Crippen LogP contribution in [0.15, 0.2) is 42.6 Å². The van der Waals surface area contributed by atoms with Crippen LogP contribution in [-0.4, -0.2) is 10.1 Å². The maximum atomic E-state index is 14.7. The van der Waals surface area contributed by atoms with Gasteiger partial charge in [0.25, 0.3) is 0 Å². The van der Waals surface area contributed by atoms with Gasteiger partial charge in [0.2, 0.25) is 0 Å². The number of nitriles is 1. The van der Waals surface area contributed by atoms with E-state index in [9.17, 15) is 9.50 Å². The highest BCUT2D eigenvalue weighted by molar-refractivity contribution is 6.34. The molecule has 0 aliphatic heterocycles. The number of rotatable bonds is 1. The number of halogens is 2.